The zero-order valence-corrected chi connectivity index (χ0v) is 9.12. The van der Waals surface area contributed by atoms with Crippen molar-refractivity contribution in [3.8, 4) is 0 Å². The molecule has 2 aliphatic rings. The van der Waals surface area contributed by atoms with E-state index in [9.17, 15) is 4.79 Å². The molecule has 0 aliphatic carbocycles. The van der Waals surface area contributed by atoms with Crippen molar-refractivity contribution in [3.63, 3.8) is 0 Å². The molecule has 0 aromatic heterocycles. The molecule has 3 heteroatoms. The minimum absolute atomic E-state index is 0.155. The number of hydrogen-bond acceptors (Lipinski definition) is 2. The van der Waals surface area contributed by atoms with Gasteiger partial charge >= 0.3 is 0 Å². The summed E-state index contributed by atoms with van der Waals surface area (Å²) in [6.07, 6.45) is 3.56. The van der Waals surface area contributed by atoms with Crippen LogP contribution in [0, 0.1) is 5.92 Å². The maximum absolute atomic E-state index is 11.9. The van der Waals surface area contributed by atoms with E-state index in [0.29, 0.717) is 17.9 Å². The Morgan fingerprint density at radius 2 is 2.29 bits per heavy atom. The molecule has 0 spiro atoms. The fraction of sp³-hybridized carbons (Fsp3) is 0.909. The van der Waals surface area contributed by atoms with Crippen molar-refractivity contribution in [2.45, 2.75) is 45.2 Å². The first-order valence-corrected chi connectivity index (χ1v) is 5.72. The molecule has 0 aromatic rings. The molecule has 2 heterocycles. The molecule has 0 bridgehead atoms. The van der Waals surface area contributed by atoms with E-state index in [1.807, 2.05) is 0 Å². The van der Waals surface area contributed by atoms with Crippen LogP contribution in [0.1, 0.15) is 33.1 Å². The van der Waals surface area contributed by atoms with E-state index in [1.54, 1.807) is 0 Å². The summed E-state index contributed by atoms with van der Waals surface area (Å²) in [5, 5.41) is 3.09. The summed E-state index contributed by atoms with van der Waals surface area (Å²) in [6.45, 7) is 6.34. The Kier molecular flexibility index (Phi) is 2.77. The van der Waals surface area contributed by atoms with E-state index in [2.05, 4.69) is 24.1 Å². The number of likely N-dealkylation sites (tertiary alicyclic amines) is 1. The number of amides is 1. The van der Waals surface area contributed by atoms with Crippen LogP contribution in [0.2, 0.25) is 0 Å². The second kappa shape index (κ2) is 3.89. The van der Waals surface area contributed by atoms with Gasteiger partial charge in [-0.05, 0) is 25.2 Å². The summed E-state index contributed by atoms with van der Waals surface area (Å²) in [6, 6.07) is 0.674. The second-order valence-corrected chi connectivity index (χ2v) is 4.92. The quantitative estimate of drug-likeness (QED) is 0.684. The summed E-state index contributed by atoms with van der Waals surface area (Å²) in [4.78, 5) is 14.0. The zero-order chi connectivity index (χ0) is 10.1. The van der Waals surface area contributed by atoms with Gasteiger partial charge in [0.05, 0.1) is 6.04 Å². The average molecular weight is 196 g/mol. The predicted octanol–water partition coefficient (Wildman–Crippen LogP) is 0.995. The Labute approximate surface area is 85.8 Å². The third kappa shape index (κ3) is 2.08. The maximum Gasteiger partial charge on any atom is 0.241 e. The first kappa shape index (κ1) is 9.97. The highest BCUT2D eigenvalue weighted by Crippen LogP contribution is 2.24. The second-order valence-electron chi connectivity index (χ2n) is 4.92. The summed E-state index contributed by atoms with van der Waals surface area (Å²) in [5.74, 6) is 1.04. The summed E-state index contributed by atoms with van der Waals surface area (Å²) < 4.78 is 0. The summed E-state index contributed by atoms with van der Waals surface area (Å²) in [7, 11) is 0. The molecule has 2 unspecified atom stereocenters. The maximum atomic E-state index is 11.9. The van der Waals surface area contributed by atoms with Gasteiger partial charge in [0.25, 0.3) is 0 Å². The SMILES string of the molecule is CC(C)CC1CCCN1C(=O)C1CN1. The number of carbonyl (C=O) groups is 1. The molecule has 2 rings (SSSR count). The molecule has 2 aliphatic heterocycles. The molecule has 3 nitrogen and oxygen atoms in total. The Morgan fingerprint density at radius 1 is 1.57 bits per heavy atom. The Bertz CT molecular complexity index is 223. The van der Waals surface area contributed by atoms with Crippen molar-refractivity contribution in [2.75, 3.05) is 13.1 Å². The molecular formula is C11H20N2O. The molecule has 2 saturated heterocycles. The van der Waals surface area contributed by atoms with Crippen LogP contribution in [0.5, 0.6) is 0 Å². The van der Waals surface area contributed by atoms with Crippen LogP contribution in [-0.2, 0) is 4.79 Å². The van der Waals surface area contributed by atoms with Crippen molar-refractivity contribution in [2.24, 2.45) is 5.92 Å². The van der Waals surface area contributed by atoms with Crippen molar-refractivity contribution < 1.29 is 4.79 Å². The van der Waals surface area contributed by atoms with Crippen LogP contribution in [0.15, 0.2) is 0 Å². The standard InChI is InChI=1S/C11H20N2O/c1-8(2)6-9-4-3-5-13(9)11(14)10-7-12-10/h8-10,12H,3-7H2,1-2H3. The lowest BCUT2D eigenvalue weighted by molar-refractivity contribution is -0.131. The first-order valence-electron chi connectivity index (χ1n) is 5.72. The van der Waals surface area contributed by atoms with Crippen molar-refractivity contribution in [1.29, 1.82) is 0 Å². The van der Waals surface area contributed by atoms with E-state index in [-0.39, 0.29) is 6.04 Å². The normalized spacial score (nSPS) is 31.2. The van der Waals surface area contributed by atoms with Crippen molar-refractivity contribution in [1.82, 2.24) is 10.2 Å². The van der Waals surface area contributed by atoms with Gasteiger partial charge in [0.2, 0.25) is 5.91 Å². The van der Waals surface area contributed by atoms with Crippen molar-refractivity contribution in [3.05, 3.63) is 0 Å². The molecule has 0 saturated carbocycles. The predicted molar refractivity (Wildman–Crippen MR) is 56.0 cm³/mol. The molecule has 2 fully saturated rings. The molecule has 80 valence electrons. The number of nitrogens with one attached hydrogen (secondary N) is 1. The number of nitrogens with zero attached hydrogens (tertiary/aromatic N) is 1. The lowest BCUT2D eigenvalue weighted by Gasteiger charge is -2.25. The van der Waals surface area contributed by atoms with Gasteiger partial charge in [0, 0.05) is 19.1 Å². The van der Waals surface area contributed by atoms with Crippen LogP contribution in [-0.4, -0.2) is 36.0 Å². The molecular weight excluding hydrogens is 176 g/mol. The summed E-state index contributed by atoms with van der Waals surface area (Å²) in [5.41, 5.74) is 0. The van der Waals surface area contributed by atoms with Gasteiger partial charge in [-0.25, -0.2) is 0 Å². The van der Waals surface area contributed by atoms with E-state index < -0.39 is 0 Å². The van der Waals surface area contributed by atoms with Gasteiger partial charge in [-0.15, -0.1) is 0 Å². The third-order valence-corrected chi connectivity index (χ3v) is 3.11. The van der Waals surface area contributed by atoms with Crippen LogP contribution in [0.4, 0.5) is 0 Å². The Morgan fingerprint density at radius 3 is 2.86 bits per heavy atom. The molecule has 14 heavy (non-hydrogen) atoms. The van der Waals surface area contributed by atoms with Gasteiger partial charge in [0.1, 0.15) is 0 Å². The van der Waals surface area contributed by atoms with Gasteiger partial charge in [-0.2, -0.15) is 0 Å². The first-order chi connectivity index (χ1) is 6.68. The summed E-state index contributed by atoms with van der Waals surface area (Å²) >= 11 is 0. The van der Waals surface area contributed by atoms with Gasteiger partial charge < -0.3 is 10.2 Å². The number of rotatable bonds is 3. The van der Waals surface area contributed by atoms with E-state index in [4.69, 9.17) is 0 Å². The minimum Gasteiger partial charge on any atom is -0.338 e. The van der Waals surface area contributed by atoms with Crippen LogP contribution >= 0.6 is 0 Å². The van der Waals surface area contributed by atoms with E-state index in [0.717, 1.165) is 13.1 Å². The highest BCUT2D eigenvalue weighted by molar-refractivity contribution is 5.85. The van der Waals surface area contributed by atoms with E-state index in [1.165, 1.54) is 19.3 Å². The Balaban J connectivity index is 1.92. The molecule has 2 atom stereocenters. The van der Waals surface area contributed by atoms with E-state index >= 15 is 0 Å². The number of hydrogen-bond donors (Lipinski definition) is 1. The average Bonchev–Trinajstić information content (AvgIpc) is 2.86. The fourth-order valence-electron chi connectivity index (χ4n) is 2.35. The molecule has 0 aromatic carbocycles. The van der Waals surface area contributed by atoms with Gasteiger partial charge in [0.15, 0.2) is 0 Å². The van der Waals surface area contributed by atoms with Crippen LogP contribution < -0.4 is 5.32 Å². The van der Waals surface area contributed by atoms with Crippen molar-refractivity contribution >= 4 is 5.91 Å². The fourth-order valence-corrected chi connectivity index (χ4v) is 2.35. The number of carbonyl (C=O) groups excluding carboxylic acids is 1. The topological polar surface area (TPSA) is 42.2 Å². The highest BCUT2D eigenvalue weighted by Gasteiger charge is 2.37. The lowest BCUT2D eigenvalue weighted by Crippen LogP contribution is -2.39. The molecule has 1 amide bonds. The minimum atomic E-state index is 0.155. The lowest BCUT2D eigenvalue weighted by atomic mass is 10.0. The monoisotopic (exact) mass is 196 g/mol. The largest absolute Gasteiger partial charge is 0.338 e. The highest BCUT2D eigenvalue weighted by atomic mass is 16.2. The van der Waals surface area contributed by atoms with Crippen LogP contribution in [0.3, 0.4) is 0 Å². The smallest absolute Gasteiger partial charge is 0.241 e. The van der Waals surface area contributed by atoms with Gasteiger partial charge in [-0.3, -0.25) is 4.79 Å². The third-order valence-electron chi connectivity index (χ3n) is 3.11. The van der Waals surface area contributed by atoms with Gasteiger partial charge in [-0.1, -0.05) is 13.8 Å². The molecule has 1 N–H and O–H groups in total. The van der Waals surface area contributed by atoms with Crippen LogP contribution in [0.25, 0.3) is 0 Å². The Hall–Kier alpha value is -0.570. The molecule has 0 radical (unpaired) electrons. The zero-order valence-electron chi connectivity index (χ0n) is 9.12.